The number of aromatic nitrogens is 2. The second kappa shape index (κ2) is 6.57. The topological polar surface area (TPSA) is 109 Å². The predicted octanol–water partition coefficient (Wildman–Crippen LogP) is 1.38. The highest BCUT2D eigenvalue weighted by molar-refractivity contribution is 5.99. The van der Waals surface area contributed by atoms with E-state index in [1.165, 1.54) is 12.1 Å². The van der Waals surface area contributed by atoms with Crippen LogP contribution in [0.1, 0.15) is 17.3 Å². The molecule has 126 valence electrons. The van der Waals surface area contributed by atoms with Crippen molar-refractivity contribution >= 4 is 11.6 Å². The number of nitro benzene ring substituents is 1. The number of nitro groups is 1. The number of ether oxygens (including phenoxy) is 2. The number of nitrogens with zero attached hydrogens (tertiary/aromatic N) is 3. The third kappa shape index (κ3) is 3.29. The van der Waals surface area contributed by atoms with Gasteiger partial charge in [-0.15, -0.1) is 0 Å². The number of nitrogens with one attached hydrogen (secondary N) is 1. The molecule has 1 aromatic carbocycles. The molecule has 24 heavy (non-hydrogen) atoms. The van der Waals surface area contributed by atoms with Crippen LogP contribution in [0, 0.1) is 10.1 Å². The lowest BCUT2D eigenvalue weighted by molar-refractivity contribution is -0.385. The first-order valence-corrected chi connectivity index (χ1v) is 7.41. The van der Waals surface area contributed by atoms with Crippen molar-refractivity contribution in [2.75, 3.05) is 13.2 Å². The minimum atomic E-state index is -0.606. The van der Waals surface area contributed by atoms with Crippen LogP contribution < -0.4 is 14.8 Å². The van der Waals surface area contributed by atoms with Gasteiger partial charge in [-0.2, -0.15) is 5.10 Å². The lowest BCUT2D eigenvalue weighted by Crippen LogP contribution is -2.36. The van der Waals surface area contributed by atoms with Gasteiger partial charge in [-0.3, -0.25) is 19.6 Å². The number of carbonyl (C=O) groups excluding carboxylic acids is 1. The van der Waals surface area contributed by atoms with E-state index in [-0.39, 0.29) is 23.0 Å². The van der Waals surface area contributed by atoms with Gasteiger partial charge in [0, 0.05) is 24.5 Å². The summed E-state index contributed by atoms with van der Waals surface area (Å²) in [6.07, 6.45) is 3.41. The molecule has 1 N–H and O–H groups in total. The lowest BCUT2D eigenvalue weighted by Gasteiger charge is -2.19. The van der Waals surface area contributed by atoms with Crippen molar-refractivity contribution in [3.05, 3.63) is 46.3 Å². The molecule has 0 spiro atoms. The van der Waals surface area contributed by atoms with Crippen molar-refractivity contribution in [3.8, 4) is 11.5 Å². The minimum Gasteiger partial charge on any atom is -0.486 e. The third-order valence-corrected chi connectivity index (χ3v) is 3.50. The Balaban J connectivity index is 1.81. The fraction of sp³-hybridized carbons (Fsp3) is 0.333. The van der Waals surface area contributed by atoms with Crippen LogP contribution in [0.15, 0.2) is 30.6 Å². The summed E-state index contributed by atoms with van der Waals surface area (Å²) in [5, 5.41) is 18.1. The van der Waals surface area contributed by atoms with Crippen molar-refractivity contribution in [2.45, 2.75) is 19.5 Å². The molecule has 1 aliphatic heterocycles. The molecule has 2 aromatic rings. The molecule has 1 aliphatic rings. The van der Waals surface area contributed by atoms with E-state index in [1.807, 2.05) is 0 Å². The van der Waals surface area contributed by atoms with E-state index in [0.717, 1.165) is 0 Å². The Morgan fingerprint density at radius 3 is 2.75 bits per heavy atom. The Kier molecular flexibility index (Phi) is 4.32. The highest BCUT2D eigenvalue weighted by Crippen LogP contribution is 2.36. The van der Waals surface area contributed by atoms with Crippen LogP contribution in [0.5, 0.6) is 11.5 Å². The number of rotatable bonds is 5. The Bertz CT molecular complexity index is 759. The maximum Gasteiger partial charge on any atom is 0.286 e. The average molecular weight is 332 g/mol. The molecule has 9 nitrogen and oxygen atoms in total. The molecule has 0 saturated heterocycles. The minimum absolute atomic E-state index is 0.0587. The molecule has 1 atom stereocenters. The van der Waals surface area contributed by atoms with Crippen molar-refractivity contribution in [1.29, 1.82) is 0 Å². The number of carbonyl (C=O) groups is 1. The first kappa shape index (κ1) is 15.8. The van der Waals surface area contributed by atoms with Crippen LogP contribution in [0.4, 0.5) is 5.69 Å². The largest absolute Gasteiger partial charge is 0.486 e. The van der Waals surface area contributed by atoms with Gasteiger partial charge in [0.05, 0.1) is 17.5 Å². The van der Waals surface area contributed by atoms with Crippen molar-refractivity contribution in [2.24, 2.45) is 0 Å². The smallest absolute Gasteiger partial charge is 0.286 e. The molecule has 0 bridgehead atoms. The SMILES string of the molecule is C[C@@H](Cn1cccn1)NC(=O)c1cc2c(cc1[N+](=O)[O-])OCCO2. The van der Waals surface area contributed by atoms with E-state index >= 15 is 0 Å². The Labute approximate surface area is 137 Å². The summed E-state index contributed by atoms with van der Waals surface area (Å²) < 4.78 is 12.4. The highest BCUT2D eigenvalue weighted by Gasteiger charge is 2.27. The van der Waals surface area contributed by atoms with Crippen LogP contribution in [0.25, 0.3) is 0 Å². The summed E-state index contributed by atoms with van der Waals surface area (Å²) in [4.78, 5) is 23.1. The van der Waals surface area contributed by atoms with Crippen LogP contribution in [0.3, 0.4) is 0 Å². The molecule has 0 aliphatic carbocycles. The van der Waals surface area contributed by atoms with Crippen LogP contribution in [-0.4, -0.2) is 39.9 Å². The normalized spacial score (nSPS) is 14.0. The summed E-state index contributed by atoms with van der Waals surface area (Å²) in [6.45, 7) is 2.90. The lowest BCUT2D eigenvalue weighted by atomic mass is 10.1. The zero-order valence-electron chi connectivity index (χ0n) is 13.0. The predicted molar refractivity (Wildman–Crippen MR) is 83.2 cm³/mol. The average Bonchev–Trinajstić information content (AvgIpc) is 3.06. The summed E-state index contributed by atoms with van der Waals surface area (Å²) in [6, 6.07) is 4.09. The van der Waals surface area contributed by atoms with Crippen molar-refractivity contribution in [3.63, 3.8) is 0 Å². The fourth-order valence-electron chi connectivity index (χ4n) is 2.45. The first-order valence-electron chi connectivity index (χ1n) is 7.41. The highest BCUT2D eigenvalue weighted by atomic mass is 16.6. The van der Waals surface area contributed by atoms with Gasteiger partial charge in [0.2, 0.25) is 0 Å². The summed E-state index contributed by atoms with van der Waals surface area (Å²) in [5.41, 5.74) is -0.375. The quantitative estimate of drug-likeness (QED) is 0.654. The Hall–Kier alpha value is -3.10. The molecule has 1 aromatic heterocycles. The van der Waals surface area contributed by atoms with Crippen molar-refractivity contribution in [1.82, 2.24) is 15.1 Å². The second-order valence-corrected chi connectivity index (χ2v) is 5.37. The number of hydrogen-bond donors (Lipinski definition) is 1. The van der Waals surface area contributed by atoms with E-state index in [9.17, 15) is 14.9 Å². The van der Waals surface area contributed by atoms with E-state index < -0.39 is 10.8 Å². The van der Waals surface area contributed by atoms with E-state index in [4.69, 9.17) is 9.47 Å². The van der Waals surface area contributed by atoms with E-state index in [0.29, 0.717) is 25.5 Å². The van der Waals surface area contributed by atoms with Gasteiger partial charge in [-0.25, -0.2) is 0 Å². The van der Waals surface area contributed by atoms with Gasteiger partial charge in [-0.1, -0.05) is 0 Å². The van der Waals surface area contributed by atoms with E-state index in [1.54, 1.807) is 30.1 Å². The number of benzene rings is 1. The second-order valence-electron chi connectivity index (χ2n) is 5.37. The number of fused-ring (bicyclic) bond motifs is 1. The number of amides is 1. The Morgan fingerprint density at radius 1 is 1.42 bits per heavy atom. The molecule has 9 heteroatoms. The molecule has 0 unspecified atom stereocenters. The van der Waals surface area contributed by atoms with Gasteiger partial charge < -0.3 is 14.8 Å². The monoisotopic (exact) mass is 332 g/mol. The molecular weight excluding hydrogens is 316 g/mol. The van der Waals surface area contributed by atoms with Crippen LogP contribution >= 0.6 is 0 Å². The van der Waals surface area contributed by atoms with E-state index in [2.05, 4.69) is 10.4 Å². The number of hydrogen-bond acceptors (Lipinski definition) is 6. The zero-order valence-corrected chi connectivity index (χ0v) is 13.0. The van der Waals surface area contributed by atoms with Gasteiger partial charge in [0.25, 0.3) is 11.6 Å². The van der Waals surface area contributed by atoms with Crippen LogP contribution in [0.2, 0.25) is 0 Å². The zero-order chi connectivity index (χ0) is 17.1. The van der Waals surface area contributed by atoms with Crippen molar-refractivity contribution < 1.29 is 19.2 Å². The molecule has 0 fully saturated rings. The third-order valence-electron chi connectivity index (χ3n) is 3.50. The fourth-order valence-corrected chi connectivity index (χ4v) is 2.45. The molecule has 0 saturated carbocycles. The van der Waals surface area contributed by atoms with Crippen LogP contribution in [-0.2, 0) is 6.54 Å². The summed E-state index contributed by atoms with van der Waals surface area (Å²) in [5.74, 6) is 0.0594. The molecular formula is C15H16N4O5. The molecule has 0 radical (unpaired) electrons. The maximum atomic E-state index is 12.5. The van der Waals surface area contributed by atoms with Gasteiger partial charge in [0.15, 0.2) is 11.5 Å². The Morgan fingerprint density at radius 2 is 2.12 bits per heavy atom. The maximum absolute atomic E-state index is 12.5. The summed E-state index contributed by atoms with van der Waals surface area (Å²) in [7, 11) is 0. The molecule has 2 heterocycles. The first-order chi connectivity index (χ1) is 11.5. The van der Waals surface area contributed by atoms with Gasteiger partial charge in [0.1, 0.15) is 18.8 Å². The van der Waals surface area contributed by atoms with Gasteiger partial charge >= 0.3 is 0 Å². The standard InChI is InChI=1S/C15H16N4O5/c1-10(9-18-4-2-3-16-18)17-15(20)11-7-13-14(24-6-5-23-13)8-12(11)19(21)22/h2-4,7-8,10H,5-6,9H2,1H3,(H,17,20)/t10-/m0/s1. The summed E-state index contributed by atoms with van der Waals surface area (Å²) >= 11 is 0. The molecule has 3 rings (SSSR count). The molecule has 1 amide bonds. The van der Waals surface area contributed by atoms with Gasteiger partial charge in [-0.05, 0) is 13.0 Å².